The van der Waals surface area contributed by atoms with E-state index in [4.69, 9.17) is 4.74 Å². The molecule has 0 saturated carbocycles. The van der Waals surface area contributed by atoms with Crippen LogP contribution in [0.15, 0.2) is 69.3 Å². The van der Waals surface area contributed by atoms with Crippen LogP contribution in [-0.2, 0) is 11.3 Å². The number of aromatic amines is 1. The highest BCUT2D eigenvalue weighted by molar-refractivity contribution is 6.04. The number of hydrazone groups is 1. The van der Waals surface area contributed by atoms with Crippen molar-refractivity contribution in [3.8, 4) is 11.6 Å². The number of hydrogen-bond donors (Lipinski definition) is 2. The molecule has 2 aromatic carbocycles. The van der Waals surface area contributed by atoms with Crippen LogP contribution in [0.25, 0.3) is 0 Å². The van der Waals surface area contributed by atoms with E-state index in [1.807, 2.05) is 61.5 Å². The van der Waals surface area contributed by atoms with Crippen LogP contribution in [0, 0.1) is 0 Å². The Labute approximate surface area is 195 Å². The minimum absolute atomic E-state index is 0.0719. The summed E-state index contributed by atoms with van der Waals surface area (Å²) in [5, 5.41) is 16.7. The summed E-state index contributed by atoms with van der Waals surface area (Å²) in [5.74, 6) is 0.0100. The fraction of sp³-hybridized carbons (Fsp3) is 0.280. The number of nitrogens with one attached hydrogen (secondary N) is 1. The van der Waals surface area contributed by atoms with E-state index in [-0.39, 0.29) is 36.6 Å². The molecule has 1 atom stereocenters. The molecule has 0 unspecified atom stereocenters. The maximum absolute atomic E-state index is 12.7. The summed E-state index contributed by atoms with van der Waals surface area (Å²) in [4.78, 5) is 40.1. The van der Waals surface area contributed by atoms with Gasteiger partial charge in [-0.25, -0.2) is 9.80 Å². The van der Waals surface area contributed by atoms with E-state index in [1.54, 1.807) is 6.92 Å². The number of benzene rings is 2. The van der Waals surface area contributed by atoms with Crippen LogP contribution in [0.1, 0.15) is 49.4 Å². The average Bonchev–Trinajstić information content (AvgIpc) is 3.27. The Morgan fingerprint density at radius 3 is 2.47 bits per heavy atom. The number of hydrogen-bond acceptors (Lipinski definition) is 6. The van der Waals surface area contributed by atoms with Gasteiger partial charge < -0.3 is 9.84 Å². The van der Waals surface area contributed by atoms with E-state index in [9.17, 15) is 19.5 Å². The van der Waals surface area contributed by atoms with E-state index in [2.05, 4.69) is 10.1 Å². The normalized spacial score (nSPS) is 15.3. The molecular formula is C25H26N4O5. The van der Waals surface area contributed by atoms with Crippen LogP contribution in [-0.4, -0.2) is 37.9 Å². The van der Waals surface area contributed by atoms with Gasteiger partial charge in [0.25, 0.3) is 5.56 Å². The number of aromatic hydroxyl groups is 1. The SMILES string of the molecule is CCOc1ccc([C@@H]2CC(c3c(O)n(Cc4ccccc4)c(=O)[nH]c3=O)=NN2C(=O)CC)cc1. The van der Waals surface area contributed by atoms with Gasteiger partial charge in [0.1, 0.15) is 11.3 Å². The molecule has 3 aromatic rings. The number of amides is 1. The zero-order chi connectivity index (χ0) is 24.2. The van der Waals surface area contributed by atoms with Gasteiger partial charge in [-0.1, -0.05) is 49.4 Å². The Balaban J connectivity index is 1.73. The van der Waals surface area contributed by atoms with Gasteiger partial charge in [0.2, 0.25) is 11.8 Å². The molecule has 0 aliphatic carbocycles. The molecule has 0 saturated heterocycles. The quantitative estimate of drug-likeness (QED) is 0.560. The number of H-pyrrole nitrogens is 1. The third kappa shape index (κ3) is 4.50. The summed E-state index contributed by atoms with van der Waals surface area (Å²) >= 11 is 0. The van der Waals surface area contributed by atoms with Crippen molar-refractivity contribution in [2.45, 2.75) is 39.3 Å². The van der Waals surface area contributed by atoms with Crippen molar-refractivity contribution in [2.75, 3.05) is 6.61 Å². The lowest BCUT2D eigenvalue weighted by Gasteiger charge is -2.21. The number of rotatable bonds is 7. The van der Waals surface area contributed by atoms with Gasteiger partial charge >= 0.3 is 5.69 Å². The van der Waals surface area contributed by atoms with E-state index < -0.39 is 23.2 Å². The van der Waals surface area contributed by atoms with Crippen LogP contribution in [0.5, 0.6) is 11.6 Å². The number of aromatic nitrogens is 2. The largest absolute Gasteiger partial charge is 0.494 e. The van der Waals surface area contributed by atoms with Crippen LogP contribution in [0.2, 0.25) is 0 Å². The van der Waals surface area contributed by atoms with Gasteiger partial charge in [0.15, 0.2) is 0 Å². The van der Waals surface area contributed by atoms with Crippen molar-refractivity contribution in [2.24, 2.45) is 5.10 Å². The minimum atomic E-state index is -0.748. The lowest BCUT2D eigenvalue weighted by molar-refractivity contribution is -0.132. The fourth-order valence-electron chi connectivity index (χ4n) is 4.00. The summed E-state index contributed by atoms with van der Waals surface area (Å²) in [6, 6.07) is 16.0. The second-order valence-electron chi connectivity index (χ2n) is 7.89. The highest BCUT2D eigenvalue weighted by Crippen LogP contribution is 2.34. The molecular weight excluding hydrogens is 436 g/mol. The van der Waals surface area contributed by atoms with Gasteiger partial charge in [-0.15, -0.1) is 0 Å². The Hall–Kier alpha value is -4.14. The summed E-state index contributed by atoms with van der Waals surface area (Å²) in [7, 11) is 0. The monoisotopic (exact) mass is 462 g/mol. The molecule has 176 valence electrons. The molecule has 4 rings (SSSR count). The van der Waals surface area contributed by atoms with Crippen LogP contribution < -0.4 is 16.0 Å². The molecule has 0 fully saturated rings. The lowest BCUT2D eigenvalue weighted by atomic mass is 9.99. The summed E-state index contributed by atoms with van der Waals surface area (Å²) in [6.07, 6.45) is 0.431. The molecule has 9 heteroatoms. The fourth-order valence-corrected chi connectivity index (χ4v) is 4.00. The van der Waals surface area contributed by atoms with Gasteiger partial charge in [-0.3, -0.25) is 19.1 Å². The lowest BCUT2D eigenvalue weighted by Crippen LogP contribution is -2.34. The zero-order valence-corrected chi connectivity index (χ0v) is 19.0. The smallest absolute Gasteiger partial charge is 0.331 e. The highest BCUT2D eigenvalue weighted by atomic mass is 16.5. The Kier molecular flexibility index (Phi) is 6.62. The van der Waals surface area contributed by atoms with Crippen LogP contribution in [0.3, 0.4) is 0 Å². The molecule has 0 spiro atoms. The molecule has 34 heavy (non-hydrogen) atoms. The zero-order valence-electron chi connectivity index (χ0n) is 19.0. The minimum Gasteiger partial charge on any atom is -0.494 e. The number of carbonyl (C=O) groups is 1. The van der Waals surface area contributed by atoms with Crippen molar-refractivity contribution >= 4 is 11.6 Å². The first-order chi connectivity index (χ1) is 16.4. The standard InChI is InChI=1S/C25H26N4O5/c1-3-21(30)29-20(17-10-12-18(13-11-17)34-4-2)14-19(27-29)22-23(31)26-25(33)28(24(22)32)15-16-8-6-5-7-9-16/h5-13,20,32H,3-4,14-15H2,1-2H3,(H,26,31,33)/t20-/m0/s1. The third-order valence-corrected chi connectivity index (χ3v) is 5.69. The van der Waals surface area contributed by atoms with Crippen LogP contribution in [0.4, 0.5) is 0 Å². The van der Waals surface area contributed by atoms with Gasteiger partial charge in [-0.2, -0.15) is 5.10 Å². The van der Waals surface area contributed by atoms with Crippen molar-refractivity contribution in [3.05, 3.63) is 92.1 Å². The molecule has 1 aliphatic heterocycles. The second-order valence-corrected chi connectivity index (χ2v) is 7.89. The second kappa shape index (κ2) is 9.78. The summed E-state index contributed by atoms with van der Waals surface area (Å²) < 4.78 is 6.58. The van der Waals surface area contributed by atoms with Crippen LogP contribution >= 0.6 is 0 Å². The molecule has 9 nitrogen and oxygen atoms in total. The molecule has 2 N–H and O–H groups in total. The van der Waals surface area contributed by atoms with E-state index in [0.29, 0.717) is 12.4 Å². The van der Waals surface area contributed by atoms with E-state index in [0.717, 1.165) is 15.7 Å². The maximum atomic E-state index is 12.7. The topological polar surface area (TPSA) is 117 Å². The van der Waals surface area contributed by atoms with Crippen molar-refractivity contribution < 1.29 is 14.6 Å². The Morgan fingerprint density at radius 2 is 1.82 bits per heavy atom. The van der Waals surface area contributed by atoms with Gasteiger partial charge in [-0.05, 0) is 30.2 Å². The highest BCUT2D eigenvalue weighted by Gasteiger charge is 2.35. The average molecular weight is 463 g/mol. The van der Waals surface area contributed by atoms with Crippen molar-refractivity contribution in [3.63, 3.8) is 0 Å². The molecule has 0 radical (unpaired) electrons. The molecule has 1 amide bonds. The Bertz CT molecular complexity index is 1330. The summed E-state index contributed by atoms with van der Waals surface area (Å²) in [6.45, 7) is 4.24. The molecule has 2 heterocycles. The predicted molar refractivity (Wildman–Crippen MR) is 127 cm³/mol. The maximum Gasteiger partial charge on any atom is 0.331 e. The first-order valence-corrected chi connectivity index (χ1v) is 11.2. The van der Waals surface area contributed by atoms with Crippen molar-refractivity contribution in [1.29, 1.82) is 0 Å². The predicted octanol–water partition coefficient (Wildman–Crippen LogP) is 2.78. The summed E-state index contributed by atoms with van der Waals surface area (Å²) in [5.41, 5.74) is 0.248. The number of carbonyl (C=O) groups excluding carboxylic acids is 1. The Morgan fingerprint density at radius 1 is 1.12 bits per heavy atom. The first kappa shape index (κ1) is 23.0. The molecule has 0 bridgehead atoms. The van der Waals surface area contributed by atoms with E-state index >= 15 is 0 Å². The van der Waals surface area contributed by atoms with E-state index in [1.165, 1.54) is 5.01 Å². The van der Waals surface area contributed by atoms with Crippen molar-refractivity contribution in [1.82, 2.24) is 14.6 Å². The van der Waals surface area contributed by atoms with Gasteiger partial charge in [0.05, 0.1) is 24.9 Å². The van der Waals surface area contributed by atoms with Gasteiger partial charge in [0, 0.05) is 12.8 Å². The number of ether oxygens (including phenoxy) is 1. The third-order valence-electron chi connectivity index (χ3n) is 5.69. The molecule has 1 aromatic heterocycles. The molecule has 1 aliphatic rings. The number of nitrogens with zero attached hydrogens (tertiary/aromatic N) is 3. The first-order valence-electron chi connectivity index (χ1n) is 11.2.